The van der Waals surface area contributed by atoms with Gasteiger partial charge in [0, 0.05) is 6.20 Å². The number of hydrogen-bond donors (Lipinski definition) is 3. The van der Waals surface area contributed by atoms with E-state index in [0.717, 1.165) is 16.3 Å². The van der Waals surface area contributed by atoms with E-state index in [1.165, 1.54) is 12.3 Å². The third-order valence-corrected chi connectivity index (χ3v) is 3.18. The molecule has 8 heteroatoms. The number of anilines is 1. The van der Waals surface area contributed by atoms with E-state index < -0.39 is 22.8 Å². The summed E-state index contributed by atoms with van der Waals surface area (Å²) in [5.41, 5.74) is 3.29. The third kappa shape index (κ3) is 2.05. The number of aliphatic hydroxyl groups is 2. The number of hydrogen-bond acceptors (Lipinski definition) is 7. The smallest absolute Gasteiger partial charge is 0.351 e. The van der Waals surface area contributed by atoms with Gasteiger partial charge in [-0.25, -0.2) is 4.79 Å². The zero-order chi connectivity index (χ0) is 11.7. The molecule has 0 aliphatic carbocycles. The van der Waals surface area contributed by atoms with Crippen LogP contribution >= 0.6 is 11.8 Å². The number of aromatic nitrogens is 2. The summed E-state index contributed by atoms with van der Waals surface area (Å²) in [6.07, 6.45) is 0.557. The first-order valence-electron chi connectivity index (χ1n) is 4.56. The summed E-state index contributed by atoms with van der Waals surface area (Å²) in [6.45, 7) is -0.227. The molecule has 0 saturated carbocycles. The summed E-state index contributed by atoms with van der Waals surface area (Å²) in [7, 11) is 0. The first-order valence-corrected chi connectivity index (χ1v) is 5.50. The molecule has 1 saturated heterocycles. The molecule has 1 fully saturated rings. The Labute approximate surface area is 94.9 Å². The van der Waals surface area contributed by atoms with Gasteiger partial charge in [-0.05, 0) is 6.07 Å². The van der Waals surface area contributed by atoms with E-state index in [4.69, 9.17) is 15.6 Å². The molecule has 1 aliphatic heterocycles. The molecule has 1 aromatic heterocycles. The highest BCUT2D eigenvalue weighted by molar-refractivity contribution is 8.00. The Kier molecular flexibility index (Phi) is 3.15. The Morgan fingerprint density at radius 3 is 3.00 bits per heavy atom. The van der Waals surface area contributed by atoms with Crippen LogP contribution in [0.25, 0.3) is 0 Å². The van der Waals surface area contributed by atoms with Crippen LogP contribution < -0.4 is 11.4 Å². The second kappa shape index (κ2) is 4.42. The average molecular weight is 245 g/mol. The van der Waals surface area contributed by atoms with Crippen molar-refractivity contribution in [2.45, 2.75) is 17.1 Å². The number of nitrogens with two attached hydrogens (primary N) is 1. The highest BCUT2D eigenvalue weighted by Gasteiger charge is 2.36. The molecular formula is C8H11N3O4S. The van der Waals surface area contributed by atoms with Gasteiger partial charge in [-0.2, -0.15) is 4.98 Å². The zero-order valence-corrected chi connectivity index (χ0v) is 9.00. The van der Waals surface area contributed by atoms with Crippen molar-refractivity contribution in [1.82, 2.24) is 9.55 Å². The fourth-order valence-corrected chi connectivity index (χ4v) is 2.29. The number of ether oxygens (including phenoxy) is 1. The lowest BCUT2D eigenvalue weighted by Crippen LogP contribution is -2.31. The van der Waals surface area contributed by atoms with E-state index >= 15 is 0 Å². The van der Waals surface area contributed by atoms with E-state index in [-0.39, 0.29) is 12.4 Å². The fraction of sp³-hybridized carbons (Fsp3) is 0.500. The first kappa shape index (κ1) is 11.4. The Morgan fingerprint density at radius 1 is 1.69 bits per heavy atom. The van der Waals surface area contributed by atoms with Crippen molar-refractivity contribution < 1.29 is 14.9 Å². The molecule has 0 radical (unpaired) electrons. The lowest BCUT2D eigenvalue weighted by atomic mass is 10.5. The molecule has 1 aliphatic rings. The number of thioether (sulfide) groups is 1. The summed E-state index contributed by atoms with van der Waals surface area (Å²) in [6, 6.07) is 1.44. The van der Waals surface area contributed by atoms with Crippen molar-refractivity contribution in [1.29, 1.82) is 0 Å². The molecule has 88 valence electrons. The molecule has 2 heterocycles. The maximum atomic E-state index is 11.5. The molecule has 1 aromatic rings. The van der Waals surface area contributed by atoms with Crippen molar-refractivity contribution in [3.63, 3.8) is 0 Å². The Morgan fingerprint density at radius 2 is 2.44 bits per heavy atom. The summed E-state index contributed by atoms with van der Waals surface area (Å²) in [5, 5.41) is 18.5. The number of nitrogen functional groups attached to an aromatic ring is 1. The van der Waals surface area contributed by atoms with Crippen LogP contribution in [0.3, 0.4) is 0 Å². The fourth-order valence-electron chi connectivity index (χ4n) is 1.39. The van der Waals surface area contributed by atoms with E-state index in [0.29, 0.717) is 0 Å². The van der Waals surface area contributed by atoms with Crippen molar-refractivity contribution in [3.8, 4) is 0 Å². The third-order valence-electron chi connectivity index (χ3n) is 2.10. The van der Waals surface area contributed by atoms with Crippen molar-refractivity contribution >= 4 is 17.6 Å². The van der Waals surface area contributed by atoms with Crippen molar-refractivity contribution in [2.24, 2.45) is 0 Å². The van der Waals surface area contributed by atoms with Gasteiger partial charge in [0.2, 0.25) is 0 Å². The van der Waals surface area contributed by atoms with Gasteiger partial charge < -0.3 is 20.7 Å². The Balaban J connectivity index is 2.28. The molecule has 0 bridgehead atoms. The van der Waals surface area contributed by atoms with Gasteiger partial charge in [0.1, 0.15) is 16.7 Å². The molecule has 16 heavy (non-hydrogen) atoms. The molecular weight excluding hydrogens is 234 g/mol. The maximum absolute atomic E-state index is 11.5. The van der Waals surface area contributed by atoms with Crippen LogP contribution in [0, 0.1) is 0 Å². The SMILES string of the molecule is Nc1ccn(C2OC(CO)SC2O)c(=O)n1. The van der Waals surface area contributed by atoms with Crippen molar-refractivity contribution in [2.75, 3.05) is 12.3 Å². The second-order valence-electron chi connectivity index (χ2n) is 3.21. The van der Waals surface area contributed by atoms with Crippen LogP contribution in [0.4, 0.5) is 5.82 Å². The predicted octanol–water partition coefficient (Wildman–Crippen LogP) is -1.28. The van der Waals surface area contributed by atoms with Crippen LogP contribution in [0.5, 0.6) is 0 Å². The minimum Gasteiger partial charge on any atom is -0.393 e. The van der Waals surface area contributed by atoms with E-state index in [2.05, 4.69) is 4.98 Å². The Bertz CT molecular complexity index is 438. The van der Waals surface area contributed by atoms with Gasteiger partial charge in [0.25, 0.3) is 0 Å². The van der Waals surface area contributed by atoms with Crippen LogP contribution in [0.1, 0.15) is 6.23 Å². The minimum absolute atomic E-state index is 0.111. The van der Waals surface area contributed by atoms with Crippen LogP contribution in [0.2, 0.25) is 0 Å². The zero-order valence-electron chi connectivity index (χ0n) is 8.18. The normalized spacial score (nSPS) is 29.5. The van der Waals surface area contributed by atoms with E-state index in [1.807, 2.05) is 0 Å². The molecule has 7 nitrogen and oxygen atoms in total. The summed E-state index contributed by atoms with van der Waals surface area (Å²) in [5.74, 6) is 0.111. The van der Waals surface area contributed by atoms with Crippen LogP contribution in [-0.2, 0) is 4.74 Å². The molecule has 3 unspecified atom stereocenters. The standard InChI is InChI=1S/C8H11N3O4S/c9-4-1-2-11(8(14)10-4)6-7(13)16-5(3-12)15-6/h1-2,5-7,12-13H,3H2,(H2,9,10,14). The summed E-state index contributed by atoms with van der Waals surface area (Å²) < 4.78 is 6.42. The minimum atomic E-state index is -0.916. The van der Waals surface area contributed by atoms with Crippen molar-refractivity contribution in [3.05, 3.63) is 22.7 Å². The number of rotatable bonds is 2. The van der Waals surface area contributed by atoms with Gasteiger partial charge in [0.05, 0.1) is 6.61 Å². The largest absolute Gasteiger partial charge is 0.393 e. The maximum Gasteiger partial charge on any atom is 0.351 e. The number of aliphatic hydroxyl groups excluding tert-OH is 2. The van der Waals surface area contributed by atoms with E-state index in [1.54, 1.807) is 0 Å². The molecule has 4 N–H and O–H groups in total. The van der Waals surface area contributed by atoms with Gasteiger partial charge in [-0.3, -0.25) is 4.57 Å². The molecule has 0 amide bonds. The van der Waals surface area contributed by atoms with Gasteiger partial charge in [-0.15, -0.1) is 0 Å². The molecule has 2 rings (SSSR count). The van der Waals surface area contributed by atoms with Gasteiger partial charge in [-0.1, -0.05) is 11.8 Å². The highest BCUT2D eigenvalue weighted by atomic mass is 32.2. The topological polar surface area (TPSA) is 111 Å². The van der Waals surface area contributed by atoms with Gasteiger partial charge >= 0.3 is 5.69 Å². The first-order chi connectivity index (χ1) is 7.61. The lowest BCUT2D eigenvalue weighted by Gasteiger charge is -2.15. The second-order valence-corrected chi connectivity index (χ2v) is 4.49. The highest BCUT2D eigenvalue weighted by Crippen LogP contribution is 2.36. The van der Waals surface area contributed by atoms with Crippen LogP contribution in [-0.4, -0.2) is 37.2 Å². The van der Waals surface area contributed by atoms with Gasteiger partial charge in [0.15, 0.2) is 6.23 Å². The average Bonchev–Trinajstić information content (AvgIpc) is 2.60. The van der Waals surface area contributed by atoms with E-state index in [9.17, 15) is 9.90 Å². The Hall–Kier alpha value is -1.09. The molecule has 3 atom stereocenters. The van der Waals surface area contributed by atoms with Crippen LogP contribution in [0.15, 0.2) is 17.1 Å². The monoisotopic (exact) mass is 245 g/mol. The summed E-state index contributed by atoms with van der Waals surface area (Å²) in [4.78, 5) is 15.0. The predicted molar refractivity (Wildman–Crippen MR) is 57.5 cm³/mol. The summed E-state index contributed by atoms with van der Waals surface area (Å²) >= 11 is 1.05. The quantitative estimate of drug-likeness (QED) is 0.595. The molecule has 0 aromatic carbocycles. The molecule has 0 spiro atoms. The number of nitrogens with zero attached hydrogens (tertiary/aromatic N) is 2. The lowest BCUT2D eigenvalue weighted by molar-refractivity contribution is -0.0524.